The Balaban J connectivity index is 1.22. The van der Waals surface area contributed by atoms with Crippen molar-refractivity contribution in [3.63, 3.8) is 0 Å². The van der Waals surface area contributed by atoms with Crippen molar-refractivity contribution in [2.75, 3.05) is 31.1 Å². The first-order valence-electron chi connectivity index (χ1n) is 14.3. The highest BCUT2D eigenvalue weighted by atomic mass is 35.5. The Bertz CT molecular complexity index is 1430. The Hall–Kier alpha value is -3.66. The number of aromatic nitrogens is 4. The van der Waals surface area contributed by atoms with Gasteiger partial charge in [0, 0.05) is 49.9 Å². The molecule has 0 N–H and O–H groups in total. The molecule has 0 radical (unpaired) electrons. The molecule has 2 saturated heterocycles. The van der Waals surface area contributed by atoms with Crippen LogP contribution in [0, 0.1) is 5.92 Å². The van der Waals surface area contributed by atoms with E-state index in [4.69, 9.17) is 16.3 Å². The summed E-state index contributed by atoms with van der Waals surface area (Å²) in [5.74, 6) is 2.61. The first-order chi connectivity index (χ1) is 19.7. The zero-order valence-corrected chi connectivity index (χ0v) is 24.5. The number of pyridine rings is 1. The number of fused-ring (bicyclic) bond motifs is 3. The number of carbonyl (C=O) groups excluding carboxylic acids is 2. The van der Waals surface area contributed by atoms with Crippen molar-refractivity contribution in [1.29, 1.82) is 0 Å². The van der Waals surface area contributed by atoms with E-state index in [-0.39, 0.29) is 23.8 Å². The zero-order chi connectivity index (χ0) is 28.7. The van der Waals surface area contributed by atoms with E-state index in [9.17, 15) is 9.59 Å². The van der Waals surface area contributed by atoms with Gasteiger partial charge in [-0.2, -0.15) is 0 Å². The first-order valence-corrected chi connectivity index (χ1v) is 14.7. The molecule has 0 spiro atoms. The van der Waals surface area contributed by atoms with Crippen molar-refractivity contribution >= 4 is 29.4 Å². The molecule has 0 saturated carbocycles. The first kappa shape index (κ1) is 27.5. The molecule has 1 unspecified atom stereocenters. The number of piperidine rings is 1. The summed E-state index contributed by atoms with van der Waals surface area (Å²) in [6, 6.07) is 11.8. The molecule has 2 amide bonds. The average molecular weight is 578 g/mol. The van der Waals surface area contributed by atoms with Gasteiger partial charge in [-0.1, -0.05) is 17.7 Å². The molecule has 1 atom stereocenters. The zero-order valence-electron chi connectivity index (χ0n) is 23.8. The van der Waals surface area contributed by atoms with Crippen LogP contribution >= 0.6 is 11.6 Å². The van der Waals surface area contributed by atoms with Gasteiger partial charge in [-0.25, -0.2) is 9.78 Å². The van der Waals surface area contributed by atoms with E-state index in [1.54, 1.807) is 4.90 Å². The van der Waals surface area contributed by atoms with Crippen molar-refractivity contribution in [1.82, 2.24) is 29.5 Å². The lowest BCUT2D eigenvalue weighted by molar-refractivity contribution is -0.136. The van der Waals surface area contributed by atoms with Gasteiger partial charge in [-0.3, -0.25) is 9.36 Å². The van der Waals surface area contributed by atoms with Crippen LogP contribution in [0.1, 0.15) is 63.2 Å². The van der Waals surface area contributed by atoms with Crippen LogP contribution in [0.3, 0.4) is 0 Å². The maximum Gasteiger partial charge on any atom is 0.410 e. The Morgan fingerprint density at radius 2 is 1.78 bits per heavy atom. The van der Waals surface area contributed by atoms with Crippen LogP contribution in [0.25, 0.3) is 5.69 Å². The normalized spacial score (nSPS) is 19.5. The second-order valence-corrected chi connectivity index (χ2v) is 12.6. The Morgan fingerprint density at radius 1 is 0.976 bits per heavy atom. The minimum absolute atomic E-state index is 0.00338. The summed E-state index contributed by atoms with van der Waals surface area (Å²) in [5, 5.41) is 9.91. The molecule has 3 aliphatic heterocycles. The molecule has 2 aromatic heterocycles. The topological polar surface area (TPSA) is 96.7 Å². The van der Waals surface area contributed by atoms with Crippen molar-refractivity contribution in [2.45, 2.75) is 64.6 Å². The smallest absolute Gasteiger partial charge is 0.410 e. The molecule has 3 aliphatic rings. The molecule has 41 heavy (non-hydrogen) atoms. The van der Waals surface area contributed by atoms with E-state index in [0.29, 0.717) is 37.6 Å². The standard InChI is InChI=1S/C30H36ClN7O3/c1-30(2,3)41-29(40)36-15-11-21(17-36)28(39)37-18-22-16-23(31)7-8-24(22)38-26(19-37)33-34-27(38)20-9-13-35(14-10-20)25-6-4-5-12-32-25/h4-8,12,16,20-21H,9-11,13-15,17-19H2,1-3H3. The number of hydrogen-bond donors (Lipinski definition) is 0. The fourth-order valence-corrected chi connectivity index (χ4v) is 6.26. The minimum Gasteiger partial charge on any atom is -0.444 e. The third kappa shape index (κ3) is 5.75. The molecule has 10 nitrogen and oxygen atoms in total. The lowest BCUT2D eigenvalue weighted by Gasteiger charge is -2.32. The number of halogens is 1. The van der Waals surface area contributed by atoms with Gasteiger partial charge in [-0.05, 0) is 75.9 Å². The fourth-order valence-electron chi connectivity index (χ4n) is 6.07. The van der Waals surface area contributed by atoms with Crippen LogP contribution in [0.2, 0.25) is 5.02 Å². The van der Waals surface area contributed by atoms with Crippen molar-refractivity contribution in [3.05, 3.63) is 64.8 Å². The van der Waals surface area contributed by atoms with Crippen LogP contribution in [-0.4, -0.2) is 73.3 Å². The van der Waals surface area contributed by atoms with Crippen LogP contribution in [-0.2, 0) is 22.6 Å². The monoisotopic (exact) mass is 577 g/mol. The summed E-state index contributed by atoms with van der Waals surface area (Å²) in [7, 11) is 0. The van der Waals surface area contributed by atoms with Gasteiger partial charge in [0.25, 0.3) is 0 Å². The molecule has 2 fully saturated rings. The van der Waals surface area contributed by atoms with E-state index in [2.05, 4.69) is 24.6 Å². The van der Waals surface area contributed by atoms with Gasteiger partial charge < -0.3 is 19.4 Å². The highest BCUT2D eigenvalue weighted by molar-refractivity contribution is 6.30. The van der Waals surface area contributed by atoms with E-state index in [1.807, 2.05) is 68.3 Å². The second-order valence-electron chi connectivity index (χ2n) is 12.1. The summed E-state index contributed by atoms with van der Waals surface area (Å²) < 4.78 is 7.67. The van der Waals surface area contributed by atoms with Crippen LogP contribution < -0.4 is 4.90 Å². The quantitative estimate of drug-likeness (QED) is 0.441. The molecule has 1 aromatic carbocycles. The third-order valence-electron chi connectivity index (χ3n) is 8.07. The molecule has 11 heteroatoms. The molecule has 3 aromatic rings. The van der Waals surface area contributed by atoms with Gasteiger partial charge in [0.1, 0.15) is 17.2 Å². The van der Waals surface area contributed by atoms with E-state index < -0.39 is 5.60 Å². The summed E-state index contributed by atoms with van der Waals surface area (Å²) in [4.78, 5) is 36.7. The minimum atomic E-state index is -0.580. The largest absolute Gasteiger partial charge is 0.444 e. The maximum absolute atomic E-state index is 13.8. The highest BCUT2D eigenvalue weighted by Gasteiger charge is 2.38. The number of hydrogen-bond acceptors (Lipinski definition) is 7. The van der Waals surface area contributed by atoms with Gasteiger partial charge in [0.15, 0.2) is 5.82 Å². The number of rotatable bonds is 3. The van der Waals surface area contributed by atoms with E-state index in [0.717, 1.165) is 54.6 Å². The number of ether oxygens (including phenoxy) is 1. The van der Waals surface area contributed by atoms with Crippen molar-refractivity contribution in [3.8, 4) is 5.69 Å². The molecule has 0 aliphatic carbocycles. The van der Waals surface area contributed by atoms with Crippen LogP contribution in [0.5, 0.6) is 0 Å². The molecular formula is C30H36ClN7O3. The molecule has 6 rings (SSSR count). The Labute approximate surface area is 245 Å². The third-order valence-corrected chi connectivity index (χ3v) is 8.30. The SMILES string of the molecule is CC(C)(C)OC(=O)N1CCC(C(=O)N2Cc3cc(Cl)ccc3-n3c(nnc3C3CCN(c4ccccn4)CC3)C2)C1. The lowest BCUT2D eigenvalue weighted by atomic mass is 9.95. The molecule has 0 bridgehead atoms. The van der Waals surface area contributed by atoms with Crippen LogP contribution in [0.4, 0.5) is 10.6 Å². The number of amides is 2. The summed E-state index contributed by atoms with van der Waals surface area (Å²) in [6.07, 6.45) is 3.92. The van der Waals surface area contributed by atoms with Gasteiger partial charge in [-0.15, -0.1) is 10.2 Å². The van der Waals surface area contributed by atoms with Gasteiger partial charge in [0.2, 0.25) is 5.91 Å². The lowest BCUT2D eigenvalue weighted by Crippen LogP contribution is -2.39. The number of anilines is 1. The fraction of sp³-hybridized carbons (Fsp3) is 0.500. The predicted molar refractivity (Wildman–Crippen MR) is 155 cm³/mol. The second kappa shape index (κ2) is 11.0. The Morgan fingerprint density at radius 3 is 2.51 bits per heavy atom. The Kier molecular flexibility index (Phi) is 7.36. The summed E-state index contributed by atoms with van der Waals surface area (Å²) >= 11 is 6.44. The van der Waals surface area contributed by atoms with Gasteiger partial charge >= 0.3 is 6.09 Å². The predicted octanol–water partition coefficient (Wildman–Crippen LogP) is 4.80. The summed E-state index contributed by atoms with van der Waals surface area (Å²) in [6.45, 7) is 8.91. The average Bonchev–Trinajstić information content (AvgIpc) is 3.57. The number of likely N-dealkylation sites (tertiary alicyclic amines) is 1. The maximum atomic E-state index is 13.8. The highest BCUT2D eigenvalue weighted by Crippen LogP contribution is 2.35. The summed E-state index contributed by atoms with van der Waals surface area (Å²) in [5.41, 5.74) is 1.34. The number of benzene rings is 1. The van der Waals surface area contributed by atoms with E-state index >= 15 is 0 Å². The van der Waals surface area contributed by atoms with E-state index in [1.165, 1.54) is 0 Å². The molecule has 5 heterocycles. The number of carbonyl (C=O) groups is 2. The molecule has 216 valence electrons. The van der Waals surface area contributed by atoms with Crippen molar-refractivity contribution in [2.24, 2.45) is 5.92 Å². The van der Waals surface area contributed by atoms with Crippen molar-refractivity contribution < 1.29 is 14.3 Å². The number of nitrogens with zero attached hydrogens (tertiary/aromatic N) is 7. The molecular weight excluding hydrogens is 542 g/mol. The van der Waals surface area contributed by atoms with Crippen LogP contribution in [0.15, 0.2) is 42.6 Å². The van der Waals surface area contributed by atoms with Gasteiger partial charge in [0.05, 0.1) is 18.2 Å².